The summed E-state index contributed by atoms with van der Waals surface area (Å²) in [6, 6.07) is 6.84. The molecule has 2 rings (SSSR count). The maximum absolute atomic E-state index is 9.56. The Bertz CT molecular complexity index is 452. The monoisotopic (exact) mass is 310 g/mol. The maximum Gasteiger partial charge on any atom is 0.0643 e. The highest BCUT2D eigenvalue weighted by atomic mass is 35.5. The van der Waals surface area contributed by atoms with E-state index in [2.05, 4.69) is 42.3 Å². The molecule has 0 bridgehead atoms. The normalized spacial score (nSPS) is 20.6. The predicted octanol–water partition coefficient (Wildman–Crippen LogP) is 3.75. The third-order valence-corrected chi connectivity index (χ3v) is 4.62. The molecule has 2 unspecified atom stereocenters. The first-order valence-electron chi connectivity index (χ1n) is 8.07. The number of piperidine rings is 1. The lowest BCUT2D eigenvalue weighted by atomic mass is 10.0. The summed E-state index contributed by atoms with van der Waals surface area (Å²) in [5, 5.41) is 13.8. The van der Waals surface area contributed by atoms with E-state index in [4.69, 9.17) is 11.6 Å². The smallest absolute Gasteiger partial charge is 0.0643 e. The van der Waals surface area contributed by atoms with E-state index in [1.807, 2.05) is 0 Å². The van der Waals surface area contributed by atoms with E-state index in [-0.39, 0.29) is 12.6 Å². The first-order chi connectivity index (χ1) is 10.2. The van der Waals surface area contributed by atoms with Crippen molar-refractivity contribution in [2.75, 3.05) is 24.6 Å². The van der Waals surface area contributed by atoms with Crippen molar-refractivity contribution in [2.24, 2.45) is 0 Å². The Labute approximate surface area is 133 Å². The van der Waals surface area contributed by atoms with Gasteiger partial charge in [0.2, 0.25) is 0 Å². The van der Waals surface area contributed by atoms with E-state index in [1.165, 1.54) is 18.4 Å². The molecular formula is C17H27ClN2O. The minimum absolute atomic E-state index is 0.201. The molecule has 118 valence electrons. The van der Waals surface area contributed by atoms with Crippen LogP contribution in [0.5, 0.6) is 0 Å². The molecular weight excluding hydrogens is 284 g/mol. The Morgan fingerprint density at radius 2 is 2.24 bits per heavy atom. The topological polar surface area (TPSA) is 35.5 Å². The van der Waals surface area contributed by atoms with Gasteiger partial charge in [-0.15, -0.1) is 0 Å². The summed E-state index contributed by atoms with van der Waals surface area (Å²) >= 11 is 6.51. The van der Waals surface area contributed by atoms with Crippen LogP contribution in [0.4, 0.5) is 5.69 Å². The van der Waals surface area contributed by atoms with Crippen LogP contribution < -0.4 is 10.2 Å². The number of nitrogens with one attached hydrogen (secondary N) is 1. The van der Waals surface area contributed by atoms with Gasteiger partial charge in [-0.1, -0.05) is 24.6 Å². The second-order valence-electron chi connectivity index (χ2n) is 5.91. The van der Waals surface area contributed by atoms with Gasteiger partial charge >= 0.3 is 0 Å². The van der Waals surface area contributed by atoms with Gasteiger partial charge in [-0.2, -0.15) is 0 Å². The molecule has 0 saturated carbocycles. The zero-order valence-corrected chi connectivity index (χ0v) is 13.9. The van der Waals surface area contributed by atoms with Crippen molar-refractivity contribution in [2.45, 2.75) is 51.6 Å². The lowest BCUT2D eigenvalue weighted by Crippen LogP contribution is -2.42. The molecule has 1 aliphatic rings. The number of benzene rings is 1. The van der Waals surface area contributed by atoms with E-state index in [0.29, 0.717) is 6.04 Å². The van der Waals surface area contributed by atoms with E-state index in [0.717, 1.165) is 36.6 Å². The van der Waals surface area contributed by atoms with Gasteiger partial charge in [-0.05, 0) is 56.8 Å². The summed E-state index contributed by atoms with van der Waals surface area (Å²) < 4.78 is 0. The summed E-state index contributed by atoms with van der Waals surface area (Å²) in [6.07, 6.45) is 4.53. The first kappa shape index (κ1) is 16.6. The van der Waals surface area contributed by atoms with Crippen LogP contribution in [0.3, 0.4) is 0 Å². The standard InChI is InChI=1S/C17H27ClN2O/c1-3-9-19-13(2)14-7-8-17(16(18)11-14)20-10-5-4-6-15(20)12-21/h7-8,11,13,15,19,21H,3-6,9-10,12H2,1-2H3. The van der Waals surface area contributed by atoms with Crippen LogP contribution in [0.15, 0.2) is 18.2 Å². The van der Waals surface area contributed by atoms with Crippen LogP contribution in [0.1, 0.15) is 51.1 Å². The zero-order chi connectivity index (χ0) is 15.2. The molecule has 1 heterocycles. The molecule has 21 heavy (non-hydrogen) atoms. The van der Waals surface area contributed by atoms with Crippen LogP contribution in [-0.4, -0.2) is 30.8 Å². The average Bonchev–Trinajstić information content (AvgIpc) is 2.52. The Kier molecular flexibility index (Phi) is 6.34. The van der Waals surface area contributed by atoms with Crippen molar-refractivity contribution in [1.82, 2.24) is 5.32 Å². The van der Waals surface area contributed by atoms with Gasteiger partial charge in [0.15, 0.2) is 0 Å². The lowest BCUT2D eigenvalue weighted by Gasteiger charge is -2.37. The number of aliphatic hydroxyl groups is 1. The Hall–Kier alpha value is -0.770. The minimum atomic E-state index is 0.201. The highest BCUT2D eigenvalue weighted by molar-refractivity contribution is 6.33. The van der Waals surface area contributed by atoms with E-state index in [1.54, 1.807) is 0 Å². The SMILES string of the molecule is CCCNC(C)c1ccc(N2CCCCC2CO)c(Cl)c1. The van der Waals surface area contributed by atoms with Gasteiger partial charge in [0.05, 0.1) is 23.4 Å². The molecule has 0 amide bonds. The Morgan fingerprint density at radius 3 is 2.90 bits per heavy atom. The van der Waals surface area contributed by atoms with Crippen molar-refractivity contribution in [3.63, 3.8) is 0 Å². The predicted molar refractivity (Wildman–Crippen MR) is 90.2 cm³/mol. The highest BCUT2D eigenvalue weighted by Gasteiger charge is 2.23. The van der Waals surface area contributed by atoms with Gasteiger partial charge in [-0.25, -0.2) is 0 Å². The summed E-state index contributed by atoms with van der Waals surface area (Å²) in [6.45, 7) is 6.53. The molecule has 2 N–H and O–H groups in total. The molecule has 1 aliphatic heterocycles. The minimum Gasteiger partial charge on any atom is -0.394 e. The molecule has 3 nitrogen and oxygen atoms in total. The lowest BCUT2D eigenvalue weighted by molar-refractivity contribution is 0.240. The fourth-order valence-corrected chi connectivity index (χ4v) is 3.31. The first-order valence-corrected chi connectivity index (χ1v) is 8.45. The zero-order valence-electron chi connectivity index (χ0n) is 13.1. The molecule has 0 spiro atoms. The molecule has 0 aromatic heterocycles. The highest BCUT2D eigenvalue weighted by Crippen LogP contribution is 2.33. The number of anilines is 1. The van der Waals surface area contributed by atoms with Crippen LogP contribution >= 0.6 is 11.6 Å². The summed E-state index contributed by atoms with van der Waals surface area (Å²) in [7, 11) is 0. The number of hydrogen-bond acceptors (Lipinski definition) is 3. The fraction of sp³-hybridized carbons (Fsp3) is 0.647. The molecule has 2 atom stereocenters. The van der Waals surface area contributed by atoms with Gasteiger partial charge in [0, 0.05) is 12.6 Å². The number of aliphatic hydroxyl groups excluding tert-OH is 1. The molecule has 1 fully saturated rings. The number of hydrogen-bond donors (Lipinski definition) is 2. The molecule has 1 aromatic carbocycles. The summed E-state index contributed by atoms with van der Waals surface area (Å²) in [5.74, 6) is 0. The van der Waals surface area contributed by atoms with Crippen molar-refractivity contribution in [3.05, 3.63) is 28.8 Å². The molecule has 1 saturated heterocycles. The maximum atomic E-state index is 9.56. The van der Waals surface area contributed by atoms with Gasteiger partial charge < -0.3 is 15.3 Å². The second kappa shape index (κ2) is 8.02. The molecule has 1 aromatic rings. The molecule has 4 heteroatoms. The fourth-order valence-electron chi connectivity index (χ4n) is 3.01. The van der Waals surface area contributed by atoms with Crippen molar-refractivity contribution < 1.29 is 5.11 Å². The number of nitrogens with zero attached hydrogens (tertiary/aromatic N) is 1. The quantitative estimate of drug-likeness (QED) is 0.840. The summed E-state index contributed by atoms with van der Waals surface area (Å²) in [4.78, 5) is 2.26. The Morgan fingerprint density at radius 1 is 1.43 bits per heavy atom. The van der Waals surface area contributed by atoms with Crippen LogP contribution in [0.2, 0.25) is 5.02 Å². The molecule has 0 radical (unpaired) electrons. The van der Waals surface area contributed by atoms with E-state index in [9.17, 15) is 5.11 Å². The van der Waals surface area contributed by atoms with Gasteiger partial charge in [0.1, 0.15) is 0 Å². The van der Waals surface area contributed by atoms with Crippen LogP contribution in [0.25, 0.3) is 0 Å². The third-order valence-electron chi connectivity index (χ3n) is 4.32. The molecule has 0 aliphatic carbocycles. The van der Waals surface area contributed by atoms with E-state index < -0.39 is 0 Å². The van der Waals surface area contributed by atoms with Gasteiger partial charge in [0.25, 0.3) is 0 Å². The number of rotatable bonds is 6. The van der Waals surface area contributed by atoms with Crippen LogP contribution in [0, 0.1) is 0 Å². The van der Waals surface area contributed by atoms with Gasteiger partial charge in [-0.3, -0.25) is 0 Å². The van der Waals surface area contributed by atoms with Crippen molar-refractivity contribution in [1.29, 1.82) is 0 Å². The second-order valence-corrected chi connectivity index (χ2v) is 6.32. The Balaban J connectivity index is 2.14. The number of halogens is 1. The van der Waals surface area contributed by atoms with Crippen molar-refractivity contribution in [3.8, 4) is 0 Å². The van der Waals surface area contributed by atoms with E-state index >= 15 is 0 Å². The average molecular weight is 311 g/mol. The largest absolute Gasteiger partial charge is 0.394 e. The summed E-state index contributed by atoms with van der Waals surface area (Å²) in [5.41, 5.74) is 2.27. The third kappa shape index (κ3) is 4.12. The van der Waals surface area contributed by atoms with Crippen LogP contribution in [-0.2, 0) is 0 Å². The van der Waals surface area contributed by atoms with Crippen molar-refractivity contribution >= 4 is 17.3 Å².